The molecule has 20 heavy (non-hydrogen) atoms. The van der Waals surface area contributed by atoms with Crippen molar-refractivity contribution in [1.82, 2.24) is 4.98 Å². The van der Waals surface area contributed by atoms with E-state index in [1.165, 1.54) is 6.07 Å². The van der Waals surface area contributed by atoms with Crippen LogP contribution in [-0.4, -0.2) is 4.98 Å². The van der Waals surface area contributed by atoms with E-state index < -0.39 is 5.95 Å². The molecule has 1 atom stereocenters. The third-order valence-electron chi connectivity index (χ3n) is 3.00. The van der Waals surface area contributed by atoms with Gasteiger partial charge in [0.25, 0.3) is 0 Å². The van der Waals surface area contributed by atoms with E-state index in [2.05, 4.69) is 26.2 Å². The Bertz CT molecular complexity index is 756. The minimum absolute atomic E-state index is 0.101. The smallest absolute Gasteiger partial charge is 0.214 e. The van der Waals surface area contributed by atoms with Crippen molar-refractivity contribution in [2.45, 2.75) is 13.0 Å². The number of rotatable bonds is 3. The van der Waals surface area contributed by atoms with Crippen LogP contribution in [-0.2, 0) is 0 Å². The Morgan fingerprint density at radius 1 is 1.25 bits per heavy atom. The Hall–Kier alpha value is -1.88. The second-order valence-electron chi connectivity index (χ2n) is 4.54. The highest BCUT2D eigenvalue weighted by Crippen LogP contribution is 2.27. The zero-order valence-electron chi connectivity index (χ0n) is 10.7. The predicted molar refractivity (Wildman–Crippen MR) is 80.1 cm³/mol. The van der Waals surface area contributed by atoms with Crippen LogP contribution in [0.1, 0.15) is 18.7 Å². The third-order valence-corrected chi connectivity index (χ3v) is 3.50. The Morgan fingerprint density at radius 3 is 2.90 bits per heavy atom. The van der Waals surface area contributed by atoms with E-state index in [1.54, 1.807) is 12.1 Å². The lowest BCUT2D eigenvalue weighted by atomic mass is 10.2. The molecule has 5 heteroatoms. The molecule has 2 aromatic heterocycles. The number of nitrogens with one attached hydrogen (secondary N) is 1. The van der Waals surface area contributed by atoms with E-state index in [0.29, 0.717) is 5.82 Å². The second-order valence-corrected chi connectivity index (χ2v) is 5.46. The van der Waals surface area contributed by atoms with Crippen molar-refractivity contribution in [1.29, 1.82) is 0 Å². The van der Waals surface area contributed by atoms with Gasteiger partial charge in [0.05, 0.1) is 6.04 Å². The lowest BCUT2D eigenvalue weighted by molar-refractivity contribution is 0.524. The summed E-state index contributed by atoms with van der Waals surface area (Å²) >= 11 is 3.43. The van der Waals surface area contributed by atoms with E-state index in [4.69, 9.17) is 4.42 Å². The van der Waals surface area contributed by atoms with E-state index in [-0.39, 0.29) is 6.04 Å². The highest BCUT2D eigenvalue weighted by Gasteiger charge is 2.12. The number of hydrogen-bond acceptors (Lipinski definition) is 3. The Kier molecular flexibility index (Phi) is 3.44. The van der Waals surface area contributed by atoms with E-state index in [1.807, 2.05) is 31.2 Å². The normalized spacial score (nSPS) is 12.6. The minimum atomic E-state index is -0.504. The molecule has 3 rings (SSSR count). The fourth-order valence-electron chi connectivity index (χ4n) is 2.03. The number of fused-ring (bicyclic) bond motifs is 1. The van der Waals surface area contributed by atoms with Crippen LogP contribution in [0.5, 0.6) is 0 Å². The number of hydrogen-bond donors (Lipinski definition) is 1. The summed E-state index contributed by atoms with van der Waals surface area (Å²) in [7, 11) is 0. The molecule has 0 saturated heterocycles. The van der Waals surface area contributed by atoms with Gasteiger partial charge in [0.1, 0.15) is 17.2 Å². The lowest BCUT2D eigenvalue weighted by Gasteiger charge is -2.11. The SMILES string of the molecule is CC(Nc1cccc(F)n1)c1cc2cc(Br)ccc2o1. The fraction of sp³-hybridized carbons (Fsp3) is 0.133. The minimum Gasteiger partial charge on any atom is -0.459 e. The zero-order chi connectivity index (χ0) is 14.1. The standard InChI is InChI=1S/C15H12BrFN2O/c1-9(18-15-4-2-3-14(17)19-15)13-8-10-7-11(16)5-6-12(10)20-13/h2-9H,1H3,(H,18,19). The fourth-order valence-corrected chi connectivity index (χ4v) is 2.41. The maximum Gasteiger partial charge on any atom is 0.214 e. The molecule has 0 saturated carbocycles. The Morgan fingerprint density at radius 2 is 2.10 bits per heavy atom. The van der Waals surface area contributed by atoms with Crippen LogP contribution < -0.4 is 5.32 Å². The molecule has 0 bridgehead atoms. The first-order valence-corrected chi connectivity index (χ1v) is 6.99. The summed E-state index contributed by atoms with van der Waals surface area (Å²) < 4.78 is 19.8. The quantitative estimate of drug-likeness (QED) is 0.692. The molecule has 102 valence electrons. The van der Waals surface area contributed by atoms with Crippen molar-refractivity contribution in [3.63, 3.8) is 0 Å². The van der Waals surface area contributed by atoms with E-state index in [9.17, 15) is 4.39 Å². The summed E-state index contributed by atoms with van der Waals surface area (Å²) in [6.07, 6.45) is 0. The van der Waals surface area contributed by atoms with Crippen LogP contribution in [0.15, 0.2) is 51.4 Å². The number of anilines is 1. The first-order chi connectivity index (χ1) is 9.61. The average molecular weight is 335 g/mol. The van der Waals surface area contributed by atoms with Crippen LogP contribution in [0.25, 0.3) is 11.0 Å². The first-order valence-electron chi connectivity index (χ1n) is 6.20. The molecule has 0 aliphatic carbocycles. The molecule has 3 nitrogen and oxygen atoms in total. The first kappa shape index (κ1) is 13.1. The summed E-state index contributed by atoms with van der Waals surface area (Å²) in [6, 6.07) is 12.4. The number of pyridine rings is 1. The molecule has 3 aromatic rings. The van der Waals surface area contributed by atoms with Gasteiger partial charge in [-0.2, -0.15) is 4.39 Å². The number of aromatic nitrogens is 1. The molecule has 0 aliphatic rings. The number of nitrogens with zero attached hydrogens (tertiary/aromatic N) is 1. The molecular weight excluding hydrogens is 323 g/mol. The van der Waals surface area contributed by atoms with Crippen molar-refractivity contribution in [2.24, 2.45) is 0 Å². The van der Waals surface area contributed by atoms with Crippen LogP contribution in [0.4, 0.5) is 10.2 Å². The van der Waals surface area contributed by atoms with Gasteiger partial charge in [-0.15, -0.1) is 0 Å². The summed E-state index contributed by atoms with van der Waals surface area (Å²) in [5.41, 5.74) is 0.823. The van der Waals surface area contributed by atoms with Crippen molar-refractivity contribution in [3.8, 4) is 0 Å². The maximum atomic E-state index is 13.1. The summed E-state index contributed by atoms with van der Waals surface area (Å²) in [4.78, 5) is 3.78. The summed E-state index contributed by atoms with van der Waals surface area (Å²) in [6.45, 7) is 1.94. The van der Waals surface area contributed by atoms with Gasteiger partial charge in [-0.25, -0.2) is 4.98 Å². The summed E-state index contributed by atoms with van der Waals surface area (Å²) in [5.74, 6) is 0.763. The Balaban J connectivity index is 1.86. The van der Waals surface area contributed by atoms with E-state index in [0.717, 1.165) is 21.2 Å². The van der Waals surface area contributed by atoms with E-state index >= 15 is 0 Å². The molecule has 1 unspecified atom stereocenters. The second kappa shape index (κ2) is 5.25. The highest BCUT2D eigenvalue weighted by atomic mass is 79.9. The summed E-state index contributed by atoms with van der Waals surface area (Å²) in [5, 5.41) is 4.14. The van der Waals surface area contributed by atoms with Gasteiger partial charge in [-0.05, 0) is 43.3 Å². The number of halogens is 2. The average Bonchev–Trinajstić information content (AvgIpc) is 2.81. The molecule has 1 aromatic carbocycles. The molecule has 0 amide bonds. The van der Waals surface area contributed by atoms with Gasteiger partial charge in [0.2, 0.25) is 5.95 Å². The molecule has 0 aliphatic heterocycles. The van der Waals surface area contributed by atoms with Gasteiger partial charge in [0, 0.05) is 9.86 Å². The molecule has 2 heterocycles. The number of benzene rings is 1. The molecule has 1 N–H and O–H groups in total. The van der Waals surface area contributed by atoms with Gasteiger partial charge in [0.15, 0.2) is 0 Å². The maximum absolute atomic E-state index is 13.1. The van der Waals surface area contributed by atoms with Gasteiger partial charge >= 0.3 is 0 Å². The monoisotopic (exact) mass is 334 g/mol. The highest BCUT2D eigenvalue weighted by molar-refractivity contribution is 9.10. The van der Waals surface area contributed by atoms with Crippen LogP contribution in [0, 0.1) is 5.95 Å². The van der Waals surface area contributed by atoms with Crippen molar-refractivity contribution < 1.29 is 8.81 Å². The van der Waals surface area contributed by atoms with Crippen LogP contribution >= 0.6 is 15.9 Å². The lowest BCUT2D eigenvalue weighted by Crippen LogP contribution is -2.07. The molecular formula is C15H12BrFN2O. The number of furan rings is 1. The van der Waals surface area contributed by atoms with Crippen molar-refractivity contribution in [2.75, 3.05) is 5.32 Å². The van der Waals surface area contributed by atoms with Gasteiger partial charge in [-0.1, -0.05) is 22.0 Å². The molecule has 0 fully saturated rings. The third kappa shape index (κ3) is 2.67. The molecule has 0 radical (unpaired) electrons. The van der Waals surface area contributed by atoms with Gasteiger partial charge < -0.3 is 9.73 Å². The van der Waals surface area contributed by atoms with Crippen molar-refractivity contribution in [3.05, 3.63) is 58.6 Å². The van der Waals surface area contributed by atoms with Crippen LogP contribution in [0.3, 0.4) is 0 Å². The Labute approximate surface area is 123 Å². The molecule has 0 spiro atoms. The van der Waals surface area contributed by atoms with Crippen molar-refractivity contribution >= 4 is 32.7 Å². The zero-order valence-corrected chi connectivity index (χ0v) is 12.3. The topological polar surface area (TPSA) is 38.1 Å². The largest absolute Gasteiger partial charge is 0.459 e. The predicted octanol–water partition coefficient (Wildman–Crippen LogP) is 4.90. The van der Waals surface area contributed by atoms with Crippen LogP contribution in [0.2, 0.25) is 0 Å². The van der Waals surface area contributed by atoms with Gasteiger partial charge in [-0.3, -0.25) is 0 Å².